The Balaban J connectivity index is 1.82. The van der Waals surface area contributed by atoms with Crippen LogP contribution in [0.5, 0.6) is 0 Å². The molecule has 5 aromatic rings. The van der Waals surface area contributed by atoms with Gasteiger partial charge in [-0.05, 0) is 58.3 Å². The predicted molar refractivity (Wildman–Crippen MR) is 127 cm³/mol. The second kappa shape index (κ2) is 7.47. The highest BCUT2D eigenvalue weighted by molar-refractivity contribution is 7.07. The maximum absolute atomic E-state index is 12.1. The van der Waals surface area contributed by atoms with Crippen molar-refractivity contribution in [2.75, 3.05) is 0 Å². The first-order valence-corrected chi connectivity index (χ1v) is 11.0. The number of carbonyl (C=O) groups excluding carboxylic acids is 1. The number of thiophene rings is 1. The molecule has 0 saturated carbocycles. The highest BCUT2D eigenvalue weighted by Crippen LogP contribution is 2.37. The summed E-state index contributed by atoms with van der Waals surface area (Å²) in [6.07, 6.45) is 0. The van der Waals surface area contributed by atoms with Crippen molar-refractivity contribution < 1.29 is 4.79 Å². The molecule has 3 aromatic carbocycles. The first kappa shape index (κ1) is 19.2. The quantitative estimate of drug-likeness (QED) is 0.315. The number of hydrogen-bond donors (Lipinski definition) is 1. The lowest BCUT2D eigenvalue weighted by Gasteiger charge is -2.09. The summed E-state index contributed by atoms with van der Waals surface area (Å²) in [6.45, 7) is 0.698. The van der Waals surface area contributed by atoms with Crippen LogP contribution >= 0.6 is 34.5 Å². The van der Waals surface area contributed by atoms with Gasteiger partial charge in [0.25, 0.3) is 0 Å². The van der Waals surface area contributed by atoms with Crippen LogP contribution < -0.4 is 5.73 Å². The van der Waals surface area contributed by atoms with Crippen LogP contribution in [0.3, 0.4) is 0 Å². The molecule has 2 heterocycles. The number of primary amides is 1. The number of carbonyl (C=O) groups is 1. The van der Waals surface area contributed by atoms with Crippen molar-refractivity contribution in [3.05, 3.63) is 92.6 Å². The molecule has 2 N–H and O–H groups in total. The normalized spacial score (nSPS) is 11.4. The average molecular weight is 451 g/mol. The Morgan fingerprint density at radius 3 is 2.60 bits per heavy atom. The zero-order chi connectivity index (χ0) is 20.8. The zero-order valence-electron chi connectivity index (χ0n) is 15.7. The van der Waals surface area contributed by atoms with Crippen LogP contribution in [0.1, 0.15) is 15.9 Å². The summed E-state index contributed by atoms with van der Waals surface area (Å²) in [5, 5.41) is 7.27. The van der Waals surface area contributed by atoms with Gasteiger partial charge < -0.3 is 10.3 Å². The van der Waals surface area contributed by atoms with Crippen LogP contribution in [0.4, 0.5) is 0 Å². The Hall–Kier alpha value is -2.79. The molecule has 0 aliphatic heterocycles. The number of rotatable bonds is 4. The summed E-state index contributed by atoms with van der Waals surface area (Å²) < 4.78 is 2.23. The number of nitrogens with two attached hydrogens (primary N) is 1. The average Bonchev–Trinajstić information content (AvgIpc) is 3.34. The summed E-state index contributed by atoms with van der Waals surface area (Å²) in [5.74, 6) is -0.431. The van der Waals surface area contributed by atoms with Crippen molar-refractivity contribution in [3.63, 3.8) is 0 Å². The Morgan fingerprint density at radius 2 is 1.87 bits per heavy atom. The molecule has 0 atom stereocenters. The van der Waals surface area contributed by atoms with E-state index < -0.39 is 5.91 Å². The molecule has 1 amide bonds. The number of nitrogens with zero attached hydrogens (tertiary/aromatic N) is 1. The number of aromatic nitrogens is 1. The molecule has 0 unspecified atom stereocenters. The first-order chi connectivity index (χ1) is 14.5. The fourth-order valence-corrected chi connectivity index (χ4v) is 5.15. The van der Waals surface area contributed by atoms with E-state index >= 15 is 0 Å². The van der Waals surface area contributed by atoms with Crippen molar-refractivity contribution >= 4 is 62.3 Å². The van der Waals surface area contributed by atoms with Crippen LogP contribution in [0.25, 0.3) is 32.9 Å². The lowest BCUT2D eigenvalue weighted by molar-refractivity contribution is 0.100. The van der Waals surface area contributed by atoms with Crippen LogP contribution in [-0.2, 0) is 6.54 Å². The molecule has 0 bridgehead atoms. The van der Waals surface area contributed by atoms with Gasteiger partial charge in [-0.15, -0.1) is 0 Å². The summed E-state index contributed by atoms with van der Waals surface area (Å²) in [4.78, 5) is 12.1. The smallest absolute Gasteiger partial charge is 0.249 e. The Bertz CT molecular complexity index is 1420. The molecular formula is C24H16Cl2N2OS. The fraction of sp³-hybridized carbons (Fsp3) is 0.0417. The molecule has 0 aliphatic rings. The summed E-state index contributed by atoms with van der Waals surface area (Å²) in [7, 11) is 0. The van der Waals surface area contributed by atoms with E-state index in [1.54, 1.807) is 23.5 Å². The maximum atomic E-state index is 12.1. The summed E-state index contributed by atoms with van der Waals surface area (Å²) in [6, 6.07) is 19.5. The van der Waals surface area contributed by atoms with Gasteiger partial charge in [0.05, 0.1) is 11.0 Å². The minimum Gasteiger partial charge on any atom is -0.366 e. The number of halogens is 2. The van der Waals surface area contributed by atoms with Gasteiger partial charge in [-0.3, -0.25) is 4.79 Å². The van der Waals surface area contributed by atoms with Crippen molar-refractivity contribution in [2.24, 2.45) is 5.73 Å². The van der Waals surface area contributed by atoms with Gasteiger partial charge >= 0.3 is 0 Å². The van der Waals surface area contributed by atoms with Crippen LogP contribution in [0.15, 0.2) is 71.4 Å². The van der Waals surface area contributed by atoms with Crippen molar-refractivity contribution in [1.82, 2.24) is 4.57 Å². The molecule has 0 fully saturated rings. The second-order valence-corrected chi connectivity index (χ2v) is 8.76. The molecule has 2 aromatic heterocycles. The van der Waals surface area contributed by atoms with E-state index in [0.29, 0.717) is 22.2 Å². The minimum absolute atomic E-state index is 0.431. The van der Waals surface area contributed by atoms with E-state index in [9.17, 15) is 4.79 Å². The van der Waals surface area contributed by atoms with E-state index in [4.69, 9.17) is 28.9 Å². The monoisotopic (exact) mass is 450 g/mol. The van der Waals surface area contributed by atoms with E-state index in [1.807, 2.05) is 36.4 Å². The Labute approximate surface area is 187 Å². The third kappa shape index (κ3) is 3.18. The van der Waals surface area contributed by atoms with Crippen molar-refractivity contribution in [2.45, 2.75) is 6.54 Å². The van der Waals surface area contributed by atoms with Crippen LogP contribution in [0, 0.1) is 0 Å². The largest absolute Gasteiger partial charge is 0.366 e. The summed E-state index contributed by atoms with van der Waals surface area (Å²) >= 11 is 14.2. The second-order valence-electron chi connectivity index (χ2n) is 7.14. The third-order valence-electron chi connectivity index (χ3n) is 5.32. The Kier molecular flexibility index (Phi) is 4.78. The van der Waals surface area contributed by atoms with Gasteiger partial charge in [-0.1, -0.05) is 47.5 Å². The van der Waals surface area contributed by atoms with Crippen molar-refractivity contribution in [1.29, 1.82) is 0 Å². The van der Waals surface area contributed by atoms with E-state index in [1.165, 1.54) is 5.56 Å². The van der Waals surface area contributed by atoms with Crippen LogP contribution in [0.2, 0.25) is 10.0 Å². The van der Waals surface area contributed by atoms with E-state index in [0.717, 1.165) is 32.9 Å². The van der Waals surface area contributed by atoms with E-state index in [-0.39, 0.29) is 0 Å². The molecule has 3 nitrogen and oxygen atoms in total. The van der Waals surface area contributed by atoms with Crippen molar-refractivity contribution in [3.8, 4) is 11.1 Å². The van der Waals surface area contributed by atoms with Gasteiger partial charge in [-0.2, -0.15) is 11.3 Å². The number of amides is 1. The minimum atomic E-state index is -0.431. The summed E-state index contributed by atoms with van der Waals surface area (Å²) in [5.41, 5.74) is 11.3. The molecule has 6 heteroatoms. The highest BCUT2D eigenvalue weighted by atomic mass is 35.5. The van der Waals surface area contributed by atoms with Gasteiger partial charge in [0.15, 0.2) is 0 Å². The van der Waals surface area contributed by atoms with Gasteiger partial charge in [0.2, 0.25) is 5.91 Å². The molecular weight excluding hydrogens is 435 g/mol. The molecule has 148 valence electrons. The molecule has 0 saturated heterocycles. The molecule has 30 heavy (non-hydrogen) atoms. The maximum Gasteiger partial charge on any atom is 0.249 e. The molecule has 0 aliphatic carbocycles. The predicted octanol–water partition coefficient (Wildman–Crippen LogP) is 6.98. The van der Waals surface area contributed by atoms with Gasteiger partial charge in [-0.25, -0.2) is 0 Å². The SMILES string of the molecule is NC(=O)c1cccc2c1c1ccc(-c3ccc(Cl)cc3Cl)cc1n2Cc1ccsc1. The number of benzene rings is 3. The van der Waals surface area contributed by atoms with Gasteiger partial charge in [0, 0.05) is 38.5 Å². The van der Waals surface area contributed by atoms with Crippen LogP contribution in [-0.4, -0.2) is 10.5 Å². The third-order valence-corrected chi connectivity index (χ3v) is 6.60. The lowest BCUT2D eigenvalue weighted by atomic mass is 10.0. The van der Waals surface area contributed by atoms with E-state index in [2.05, 4.69) is 27.5 Å². The standard InChI is InChI=1S/C24H16Cl2N2OS/c25-16-5-7-17(20(26)11-16)15-4-6-18-22(10-15)28(12-14-8-9-30-13-14)21-3-1-2-19(23(18)21)24(27)29/h1-11,13H,12H2,(H2,27,29). The van der Waals surface area contributed by atoms with Gasteiger partial charge in [0.1, 0.15) is 0 Å². The zero-order valence-corrected chi connectivity index (χ0v) is 18.1. The Morgan fingerprint density at radius 1 is 1.00 bits per heavy atom. The first-order valence-electron chi connectivity index (χ1n) is 9.34. The lowest BCUT2D eigenvalue weighted by Crippen LogP contribution is -2.11. The fourth-order valence-electron chi connectivity index (χ4n) is 3.98. The highest BCUT2D eigenvalue weighted by Gasteiger charge is 2.18. The molecule has 5 rings (SSSR count). The number of fused-ring (bicyclic) bond motifs is 3. The molecule has 0 spiro atoms. The number of hydrogen-bond acceptors (Lipinski definition) is 2. The topological polar surface area (TPSA) is 48.0 Å². The molecule has 0 radical (unpaired) electrons.